The maximum Gasteiger partial charge on any atom is 0.246 e. The zero-order valence-corrected chi connectivity index (χ0v) is 14.2. The van der Waals surface area contributed by atoms with Crippen molar-refractivity contribution in [3.05, 3.63) is 27.7 Å². The number of hydrogen-bond acceptors (Lipinski definition) is 4. The summed E-state index contributed by atoms with van der Waals surface area (Å²) in [7, 11) is -3.68. The van der Waals surface area contributed by atoms with E-state index >= 15 is 0 Å². The Morgan fingerprint density at radius 3 is 2.33 bits per heavy atom. The van der Waals surface area contributed by atoms with E-state index in [-0.39, 0.29) is 21.5 Å². The summed E-state index contributed by atoms with van der Waals surface area (Å²) in [6.45, 7) is 1.14. The molecule has 1 heterocycles. The molecule has 1 aliphatic heterocycles. The number of hydrogen-bond donors (Lipinski definition) is 1. The van der Waals surface area contributed by atoms with Crippen molar-refractivity contribution in [2.75, 3.05) is 31.1 Å². The van der Waals surface area contributed by atoms with E-state index in [2.05, 4.69) is 11.8 Å². The van der Waals surface area contributed by atoms with Crippen LogP contribution in [0.15, 0.2) is 17.0 Å². The van der Waals surface area contributed by atoms with Crippen LogP contribution >= 0.6 is 35.0 Å². The Bertz CT molecular complexity index is 667. The molecule has 2 N–H and O–H groups in total. The van der Waals surface area contributed by atoms with Crippen molar-refractivity contribution >= 4 is 45.0 Å². The number of nitrogens with two attached hydrogens (primary N) is 1. The molecule has 2 rings (SSSR count). The van der Waals surface area contributed by atoms with Crippen LogP contribution in [-0.2, 0) is 10.0 Å². The number of nitrogens with zero attached hydrogens (tertiary/aromatic N) is 1. The summed E-state index contributed by atoms with van der Waals surface area (Å²) in [6.07, 6.45) is 0. The van der Waals surface area contributed by atoms with Crippen LogP contribution in [0.25, 0.3) is 0 Å². The highest BCUT2D eigenvalue weighted by atomic mass is 35.5. The van der Waals surface area contributed by atoms with Crippen molar-refractivity contribution in [1.82, 2.24) is 4.31 Å². The van der Waals surface area contributed by atoms with Gasteiger partial charge in [-0.2, -0.15) is 16.1 Å². The van der Waals surface area contributed by atoms with Crippen molar-refractivity contribution in [2.45, 2.75) is 4.90 Å². The van der Waals surface area contributed by atoms with Gasteiger partial charge in [0.15, 0.2) is 0 Å². The molecule has 1 fully saturated rings. The molecule has 21 heavy (non-hydrogen) atoms. The highest BCUT2D eigenvalue weighted by Crippen LogP contribution is 2.33. The molecule has 0 unspecified atom stereocenters. The molecule has 1 saturated heterocycles. The van der Waals surface area contributed by atoms with Gasteiger partial charge in [0.25, 0.3) is 0 Å². The molecule has 0 aliphatic carbocycles. The van der Waals surface area contributed by atoms with Crippen LogP contribution in [0.4, 0.5) is 0 Å². The van der Waals surface area contributed by atoms with Gasteiger partial charge in [-0.1, -0.05) is 35.0 Å². The molecule has 0 saturated carbocycles. The first-order valence-electron chi connectivity index (χ1n) is 6.22. The van der Waals surface area contributed by atoms with Gasteiger partial charge in [0.2, 0.25) is 10.0 Å². The Morgan fingerprint density at radius 2 is 1.81 bits per heavy atom. The molecule has 1 aromatic carbocycles. The van der Waals surface area contributed by atoms with E-state index in [1.165, 1.54) is 16.4 Å². The predicted octanol–water partition coefficient (Wildman–Crippen LogP) is 2.04. The molecule has 114 valence electrons. The van der Waals surface area contributed by atoms with E-state index < -0.39 is 10.0 Å². The van der Waals surface area contributed by atoms with Crippen LogP contribution in [0.5, 0.6) is 0 Å². The minimum absolute atomic E-state index is 0.0453. The lowest BCUT2D eigenvalue weighted by Gasteiger charge is -2.26. The third-order valence-corrected chi connectivity index (χ3v) is 6.66. The predicted molar refractivity (Wildman–Crippen MR) is 88.5 cm³/mol. The summed E-state index contributed by atoms with van der Waals surface area (Å²) in [4.78, 5) is -0.0453. The highest BCUT2D eigenvalue weighted by Gasteiger charge is 2.30. The molecule has 0 spiro atoms. The Kier molecular flexibility index (Phi) is 5.83. The van der Waals surface area contributed by atoms with Crippen LogP contribution in [0.3, 0.4) is 0 Å². The number of benzene rings is 1. The zero-order chi connectivity index (χ0) is 15.5. The molecular weight excluding hydrogens is 351 g/mol. The lowest BCUT2D eigenvalue weighted by molar-refractivity contribution is 0.443. The van der Waals surface area contributed by atoms with Gasteiger partial charge in [-0.15, -0.1) is 0 Å². The second-order valence-corrected chi connectivity index (χ2v) is 8.21. The third-order valence-electron chi connectivity index (χ3n) is 2.90. The molecule has 0 radical (unpaired) electrons. The largest absolute Gasteiger partial charge is 0.320 e. The van der Waals surface area contributed by atoms with Crippen LogP contribution in [0.1, 0.15) is 5.56 Å². The number of rotatable bonds is 2. The first-order valence-corrected chi connectivity index (χ1v) is 9.57. The first-order chi connectivity index (χ1) is 9.96. The topological polar surface area (TPSA) is 63.4 Å². The Balaban J connectivity index is 2.43. The Labute approximate surface area is 139 Å². The van der Waals surface area contributed by atoms with Crippen molar-refractivity contribution in [1.29, 1.82) is 0 Å². The van der Waals surface area contributed by atoms with Gasteiger partial charge in [-0.05, 0) is 12.1 Å². The van der Waals surface area contributed by atoms with Crippen molar-refractivity contribution in [2.24, 2.45) is 5.73 Å². The molecule has 1 aliphatic rings. The van der Waals surface area contributed by atoms with Crippen LogP contribution in [-0.4, -0.2) is 43.9 Å². The van der Waals surface area contributed by atoms with Crippen LogP contribution < -0.4 is 5.73 Å². The van der Waals surface area contributed by atoms with Gasteiger partial charge in [0, 0.05) is 30.2 Å². The second kappa shape index (κ2) is 7.23. The molecule has 8 heteroatoms. The van der Waals surface area contributed by atoms with Gasteiger partial charge in [0.1, 0.15) is 4.90 Å². The highest BCUT2D eigenvalue weighted by molar-refractivity contribution is 7.99. The first kappa shape index (κ1) is 16.9. The SMILES string of the molecule is NCC#Cc1cc(Cl)c(S(=O)(=O)N2CCSCC2)c(Cl)c1. The van der Waals surface area contributed by atoms with E-state index in [4.69, 9.17) is 28.9 Å². The van der Waals surface area contributed by atoms with Crippen molar-refractivity contribution in [3.8, 4) is 11.8 Å². The molecule has 4 nitrogen and oxygen atoms in total. The van der Waals surface area contributed by atoms with Gasteiger partial charge >= 0.3 is 0 Å². The number of halogens is 2. The lowest BCUT2D eigenvalue weighted by Crippen LogP contribution is -2.38. The third kappa shape index (κ3) is 3.86. The number of thioether (sulfide) groups is 1. The minimum atomic E-state index is -3.68. The van der Waals surface area contributed by atoms with E-state index in [9.17, 15) is 8.42 Å². The fourth-order valence-electron chi connectivity index (χ4n) is 1.95. The summed E-state index contributed by atoms with van der Waals surface area (Å²) in [5.74, 6) is 7.01. The molecule has 0 amide bonds. The normalized spacial score (nSPS) is 16.3. The summed E-state index contributed by atoms with van der Waals surface area (Å²) in [5, 5.41) is 0.170. The maximum absolute atomic E-state index is 12.6. The van der Waals surface area contributed by atoms with E-state index in [0.717, 1.165) is 11.5 Å². The zero-order valence-electron chi connectivity index (χ0n) is 11.1. The summed E-state index contributed by atoms with van der Waals surface area (Å²) >= 11 is 14.0. The smallest absolute Gasteiger partial charge is 0.246 e. The Hall–Kier alpha value is -0.420. The van der Waals surface area contributed by atoms with Gasteiger partial charge in [-0.3, -0.25) is 0 Å². The molecule has 0 bridgehead atoms. The average molecular weight is 365 g/mol. The fourth-order valence-corrected chi connectivity index (χ4v) is 5.69. The van der Waals surface area contributed by atoms with E-state index in [0.29, 0.717) is 18.7 Å². The summed E-state index contributed by atoms with van der Waals surface area (Å²) < 4.78 is 26.7. The molecule has 0 atom stereocenters. The fraction of sp³-hybridized carbons (Fsp3) is 0.385. The quantitative estimate of drug-likeness (QED) is 0.815. The summed E-state index contributed by atoms with van der Waals surface area (Å²) in [5.41, 5.74) is 5.85. The van der Waals surface area contributed by atoms with Gasteiger partial charge in [0.05, 0.1) is 16.6 Å². The number of sulfonamides is 1. The van der Waals surface area contributed by atoms with E-state index in [1.54, 1.807) is 11.8 Å². The Morgan fingerprint density at radius 1 is 1.24 bits per heavy atom. The van der Waals surface area contributed by atoms with Gasteiger partial charge in [-0.25, -0.2) is 8.42 Å². The molecular formula is C13H14Cl2N2O2S2. The van der Waals surface area contributed by atoms with Gasteiger partial charge < -0.3 is 5.73 Å². The monoisotopic (exact) mass is 364 g/mol. The average Bonchev–Trinajstić information content (AvgIpc) is 2.45. The van der Waals surface area contributed by atoms with Crippen LogP contribution in [0.2, 0.25) is 10.0 Å². The maximum atomic E-state index is 12.6. The molecule has 1 aromatic rings. The standard InChI is InChI=1S/C13H14Cl2N2O2S2/c14-11-8-10(2-1-3-16)9-12(15)13(11)21(18,19)17-4-6-20-7-5-17/h8-9H,3-7,16H2. The van der Waals surface area contributed by atoms with Crippen molar-refractivity contribution < 1.29 is 8.42 Å². The summed E-state index contributed by atoms with van der Waals surface area (Å²) in [6, 6.07) is 3.00. The second-order valence-electron chi connectivity index (χ2n) is 4.29. The van der Waals surface area contributed by atoms with Crippen LogP contribution in [0, 0.1) is 11.8 Å². The lowest BCUT2D eigenvalue weighted by atomic mass is 10.2. The molecule has 0 aromatic heterocycles. The van der Waals surface area contributed by atoms with E-state index in [1.807, 2.05) is 0 Å². The van der Waals surface area contributed by atoms with Crippen molar-refractivity contribution in [3.63, 3.8) is 0 Å². The minimum Gasteiger partial charge on any atom is -0.320 e.